The SMILES string of the molecule is CNc1ncc(-c2ccc(C)cc2)cn1. The molecule has 2 rings (SSSR count). The third kappa shape index (κ3) is 2.13. The monoisotopic (exact) mass is 199 g/mol. The minimum Gasteiger partial charge on any atom is -0.357 e. The normalized spacial score (nSPS) is 10.0. The van der Waals surface area contributed by atoms with Gasteiger partial charge in [-0.15, -0.1) is 0 Å². The predicted octanol–water partition coefficient (Wildman–Crippen LogP) is 2.49. The molecule has 0 amide bonds. The van der Waals surface area contributed by atoms with Crippen molar-refractivity contribution in [2.45, 2.75) is 6.92 Å². The fraction of sp³-hybridized carbons (Fsp3) is 0.167. The highest BCUT2D eigenvalue weighted by Gasteiger charge is 1.98. The molecule has 0 fully saturated rings. The molecule has 0 saturated heterocycles. The third-order valence-corrected chi connectivity index (χ3v) is 2.26. The predicted molar refractivity (Wildman–Crippen MR) is 61.8 cm³/mol. The summed E-state index contributed by atoms with van der Waals surface area (Å²) in [6, 6.07) is 8.32. The quantitative estimate of drug-likeness (QED) is 0.807. The Morgan fingerprint density at radius 2 is 1.53 bits per heavy atom. The summed E-state index contributed by atoms with van der Waals surface area (Å²) in [4.78, 5) is 8.35. The molecule has 0 atom stereocenters. The van der Waals surface area contributed by atoms with Crippen molar-refractivity contribution in [3.63, 3.8) is 0 Å². The summed E-state index contributed by atoms with van der Waals surface area (Å²) < 4.78 is 0. The number of aromatic nitrogens is 2. The van der Waals surface area contributed by atoms with Gasteiger partial charge in [0.2, 0.25) is 5.95 Å². The molecule has 0 aliphatic carbocycles. The Morgan fingerprint density at radius 1 is 0.933 bits per heavy atom. The Hall–Kier alpha value is -1.90. The molecule has 15 heavy (non-hydrogen) atoms. The number of hydrogen-bond acceptors (Lipinski definition) is 3. The molecule has 0 bridgehead atoms. The van der Waals surface area contributed by atoms with E-state index in [9.17, 15) is 0 Å². The maximum absolute atomic E-state index is 4.17. The van der Waals surface area contributed by atoms with Crippen LogP contribution in [-0.4, -0.2) is 17.0 Å². The first kappa shape index (κ1) is 9.65. The Balaban J connectivity index is 2.33. The fourth-order valence-electron chi connectivity index (χ4n) is 1.35. The maximum Gasteiger partial charge on any atom is 0.222 e. The van der Waals surface area contributed by atoms with Gasteiger partial charge in [-0.3, -0.25) is 0 Å². The van der Waals surface area contributed by atoms with Crippen LogP contribution in [0.4, 0.5) is 5.95 Å². The molecular weight excluding hydrogens is 186 g/mol. The van der Waals surface area contributed by atoms with Gasteiger partial charge in [0.05, 0.1) is 0 Å². The van der Waals surface area contributed by atoms with Crippen LogP contribution in [0.2, 0.25) is 0 Å². The number of benzene rings is 1. The van der Waals surface area contributed by atoms with Gasteiger partial charge >= 0.3 is 0 Å². The van der Waals surface area contributed by atoms with E-state index in [0.29, 0.717) is 5.95 Å². The Labute approximate surface area is 89.2 Å². The van der Waals surface area contributed by atoms with Gasteiger partial charge < -0.3 is 5.32 Å². The average Bonchev–Trinajstić information content (AvgIpc) is 2.30. The average molecular weight is 199 g/mol. The Morgan fingerprint density at radius 3 is 2.07 bits per heavy atom. The Bertz CT molecular complexity index is 431. The van der Waals surface area contributed by atoms with Crippen LogP contribution in [0.1, 0.15) is 5.56 Å². The van der Waals surface area contributed by atoms with Crippen LogP contribution >= 0.6 is 0 Å². The lowest BCUT2D eigenvalue weighted by Crippen LogP contribution is -1.95. The van der Waals surface area contributed by atoms with E-state index in [1.54, 1.807) is 7.05 Å². The number of hydrogen-bond donors (Lipinski definition) is 1. The molecule has 3 heteroatoms. The smallest absolute Gasteiger partial charge is 0.222 e. The molecule has 1 N–H and O–H groups in total. The summed E-state index contributed by atoms with van der Waals surface area (Å²) in [6.07, 6.45) is 3.65. The summed E-state index contributed by atoms with van der Waals surface area (Å²) in [6.45, 7) is 2.07. The zero-order valence-electron chi connectivity index (χ0n) is 8.86. The van der Waals surface area contributed by atoms with E-state index in [0.717, 1.165) is 11.1 Å². The molecular formula is C12H13N3. The van der Waals surface area contributed by atoms with Gasteiger partial charge in [0.15, 0.2) is 0 Å². The van der Waals surface area contributed by atoms with Gasteiger partial charge in [-0.05, 0) is 12.5 Å². The largest absolute Gasteiger partial charge is 0.357 e. The second-order valence-electron chi connectivity index (χ2n) is 3.41. The van der Waals surface area contributed by atoms with E-state index in [4.69, 9.17) is 0 Å². The number of anilines is 1. The van der Waals surface area contributed by atoms with E-state index in [1.807, 2.05) is 12.4 Å². The minimum atomic E-state index is 0.644. The summed E-state index contributed by atoms with van der Waals surface area (Å²) in [5.74, 6) is 0.644. The summed E-state index contributed by atoms with van der Waals surface area (Å²) in [5, 5.41) is 2.89. The van der Waals surface area contributed by atoms with Gasteiger partial charge in [-0.2, -0.15) is 0 Å². The van der Waals surface area contributed by atoms with Crippen molar-refractivity contribution in [3.8, 4) is 11.1 Å². The van der Waals surface area contributed by atoms with Gasteiger partial charge in [0, 0.05) is 25.0 Å². The lowest BCUT2D eigenvalue weighted by Gasteiger charge is -2.02. The topological polar surface area (TPSA) is 37.8 Å². The van der Waals surface area contributed by atoms with Crippen molar-refractivity contribution in [2.24, 2.45) is 0 Å². The molecule has 1 heterocycles. The molecule has 1 aromatic carbocycles. The Kier molecular flexibility index (Phi) is 2.63. The van der Waals surface area contributed by atoms with Crippen LogP contribution in [0, 0.1) is 6.92 Å². The summed E-state index contributed by atoms with van der Waals surface area (Å²) in [7, 11) is 1.81. The van der Waals surface area contributed by atoms with Crippen LogP contribution in [0.15, 0.2) is 36.7 Å². The van der Waals surface area contributed by atoms with E-state index in [-0.39, 0.29) is 0 Å². The number of aryl methyl sites for hydroxylation is 1. The highest BCUT2D eigenvalue weighted by molar-refractivity contribution is 5.62. The van der Waals surface area contributed by atoms with Gasteiger partial charge in [0.1, 0.15) is 0 Å². The van der Waals surface area contributed by atoms with Crippen LogP contribution in [0.3, 0.4) is 0 Å². The van der Waals surface area contributed by atoms with Crippen molar-refractivity contribution in [3.05, 3.63) is 42.2 Å². The van der Waals surface area contributed by atoms with Crippen molar-refractivity contribution in [2.75, 3.05) is 12.4 Å². The van der Waals surface area contributed by atoms with Crippen molar-refractivity contribution in [1.29, 1.82) is 0 Å². The first-order valence-corrected chi connectivity index (χ1v) is 4.86. The number of nitrogens with zero attached hydrogens (tertiary/aromatic N) is 2. The summed E-state index contributed by atoms with van der Waals surface area (Å²) >= 11 is 0. The molecule has 3 nitrogen and oxygen atoms in total. The minimum absolute atomic E-state index is 0.644. The molecule has 0 radical (unpaired) electrons. The zero-order valence-corrected chi connectivity index (χ0v) is 8.86. The third-order valence-electron chi connectivity index (χ3n) is 2.26. The van der Waals surface area contributed by atoms with Crippen LogP contribution < -0.4 is 5.32 Å². The molecule has 76 valence electrons. The molecule has 0 aliphatic heterocycles. The maximum atomic E-state index is 4.17. The second kappa shape index (κ2) is 4.09. The summed E-state index contributed by atoms with van der Waals surface area (Å²) in [5.41, 5.74) is 3.43. The molecule has 2 aromatic rings. The number of rotatable bonds is 2. The molecule has 1 aromatic heterocycles. The van der Waals surface area contributed by atoms with Gasteiger partial charge in [0.25, 0.3) is 0 Å². The molecule has 0 saturated carbocycles. The lowest BCUT2D eigenvalue weighted by molar-refractivity contribution is 1.15. The van der Waals surface area contributed by atoms with Crippen molar-refractivity contribution >= 4 is 5.95 Å². The van der Waals surface area contributed by atoms with Crippen molar-refractivity contribution in [1.82, 2.24) is 9.97 Å². The van der Waals surface area contributed by atoms with Crippen LogP contribution in [0.25, 0.3) is 11.1 Å². The first-order valence-electron chi connectivity index (χ1n) is 4.86. The molecule has 0 aliphatic rings. The fourth-order valence-corrected chi connectivity index (χ4v) is 1.35. The lowest BCUT2D eigenvalue weighted by atomic mass is 10.1. The molecule has 0 unspecified atom stereocenters. The van der Waals surface area contributed by atoms with Crippen molar-refractivity contribution < 1.29 is 0 Å². The van der Waals surface area contributed by atoms with Crippen LogP contribution in [-0.2, 0) is 0 Å². The molecule has 0 spiro atoms. The van der Waals surface area contributed by atoms with E-state index in [1.165, 1.54) is 5.56 Å². The van der Waals surface area contributed by atoms with E-state index in [2.05, 4.69) is 46.5 Å². The van der Waals surface area contributed by atoms with Crippen LogP contribution in [0.5, 0.6) is 0 Å². The standard InChI is InChI=1S/C12H13N3/c1-9-3-5-10(6-4-9)11-7-14-12(13-2)15-8-11/h3-8H,1-2H3,(H,13,14,15). The highest BCUT2D eigenvalue weighted by atomic mass is 15.1. The second-order valence-corrected chi connectivity index (χ2v) is 3.41. The first-order chi connectivity index (χ1) is 7.29. The zero-order chi connectivity index (χ0) is 10.7. The number of nitrogens with one attached hydrogen (secondary N) is 1. The van der Waals surface area contributed by atoms with Gasteiger partial charge in [-0.25, -0.2) is 9.97 Å². The van der Waals surface area contributed by atoms with E-state index < -0.39 is 0 Å². The van der Waals surface area contributed by atoms with Gasteiger partial charge in [-0.1, -0.05) is 29.8 Å². The highest BCUT2D eigenvalue weighted by Crippen LogP contribution is 2.18. The van der Waals surface area contributed by atoms with E-state index >= 15 is 0 Å².